The lowest BCUT2D eigenvalue weighted by atomic mass is 9.87. The quantitative estimate of drug-likeness (QED) is 0.929. The number of amides is 1. The lowest BCUT2D eigenvalue weighted by Gasteiger charge is -2.26. The highest BCUT2D eigenvalue weighted by molar-refractivity contribution is 5.75. The van der Waals surface area contributed by atoms with Gasteiger partial charge in [0.1, 0.15) is 6.54 Å². The molecule has 7 heteroatoms. The van der Waals surface area contributed by atoms with E-state index in [-0.39, 0.29) is 18.5 Å². The highest BCUT2D eigenvalue weighted by Crippen LogP contribution is 2.27. The molecule has 4 nitrogen and oxygen atoms in total. The van der Waals surface area contributed by atoms with Crippen LogP contribution in [0.2, 0.25) is 0 Å². The zero-order valence-electron chi connectivity index (χ0n) is 11.3. The number of hydrogen-bond acceptors (Lipinski definition) is 2. The summed E-state index contributed by atoms with van der Waals surface area (Å²) in [5, 5.41) is 6.21. The normalized spacial score (nSPS) is 23.6. The van der Waals surface area contributed by atoms with Crippen LogP contribution in [0, 0.1) is 5.92 Å². The molecule has 0 aliphatic heterocycles. The number of hydrogen-bond donors (Lipinski definition) is 1. The smallest absolute Gasteiger partial charge is 0.352 e. The second kappa shape index (κ2) is 5.85. The molecule has 112 valence electrons. The van der Waals surface area contributed by atoms with Crippen molar-refractivity contribution in [3.05, 3.63) is 18.0 Å². The minimum Gasteiger partial charge on any atom is -0.352 e. The van der Waals surface area contributed by atoms with Crippen molar-refractivity contribution in [3.8, 4) is 0 Å². The maximum absolute atomic E-state index is 12.4. The molecule has 0 aromatic carbocycles. The molecule has 0 unspecified atom stereocenters. The number of nitrogens with one attached hydrogen (secondary N) is 1. The van der Waals surface area contributed by atoms with Crippen molar-refractivity contribution in [2.24, 2.45) is 5.92 Å². The average molecular weight is 289 g/mol. The van der Waals surface area contributed by atoms with Crippen molar-refractivity contribution < 1.29 is 18.0 Å². The van der Waals surface area contributed by atoms with E-state index < -0.39 is 11.9 Å². The maximum Gasteiger partial charge on any atom is 0.435 e. The number of alkyl halides is 3. The van der Waals surface area contributed by atoms with Crippen LogP contribution in [0.15, 0.2) is 12.3 Å². The molecular formula is C13H18F3N3O. The minimum atomic E-state index is -4.47. The second-order valence-corrected chi connectivity index (χ2v) is 5.42. The van der Waals surface area contributed by atoms with Crippen LogP contribution in [0.1, 0.15) is 38.3 Å². The van der Waals surface area contributed by atoms with Crippen molar-refractivity contribution in [2.45, 2.75) is 51.4 Å². The Morgan fingerprint density at radius 3 is 2.60 bits per heavy atom. The van der Waals surface area contributed by atoms with E-state index in [9.17, 15) is 18.0 Å². The van der Waals surface area contributed by atoms with Gasteiger partial charge in [0, 0.05) is 12.2 Å². The fraction of sp³-hybridized carbons (Fsp3) is 0.692. The predicted octanol–water partition coefficient (Wildman–Crippen LogP) is 2.60. The predicted molar refractivity (Wildman–Crippen MR) is 66.8 cm³/mol. The first kappa shape index (κ1) is 14.9. The molecule has 0 atom stereocenters. The van der Waals surface area contributed by atoms with Gasteiger partial charge in [0.05, 0.1) is 0 Å². The molecule has 20 heavy (non-hydrogen) atoms. The van der Waals surface area contributed by atoms with Crippen molar-refractivity contribution in [1.82, 2.24) is 15.1 Å². The van der Waals surface area contributed by atoms with Crippen LogP contribution in [-0.2, 0) is 17.5 Å². The van der Waals surface area contributed by atoms with E-state index in [0.717, 1.165) is 36.4 Å². The van der Waals surface area contributed by atoms with E-state index in [0.29, 0.717) is 5.92 Å². The second-order valence-electron chi connectivity index (χ2n) is 5.42. The van der Waals surface area contributed by atoms with Gasteiger partial charge < -0.3 is 5.32 Å². The Bertz CT molecular complexity index is 462. The third-order valence-corrected chi connectivity index (χ3v) is 3.62. The van der Waals surface area contributed by atoms with Gasteiger partial charge >= 0.3 is 6.18 Å². The molecule has 1 aliphatic rings. The maximum atomic E-state index is 12.4. The lowest BCUT2D eigenvalue weighted by Crippen LogP contribution is -2.39. The molecular weight excluding hydrogens is 271 g/mol. The third kappa shape index (κ3) is 3.98. The summed E-state index contributed by atoms with van der Waals surface area (Å²) in [5.41, 5.74) is -0.975. The van der Waals surface area contributed by atoms with Crippen molar-refractivity contribution in [3.63, 3.8) is 0 Å². The average Bonchev–Trinajstić information content (AvgIpc) is 2.80. The standard InChI is InChI=1S/C13H18F3N3O/c1-9-2-4-10(5-3-9)17-12(20)8-19-7-6-11(18-19)13(14,15)16/h6-7,9-10H,2-5,8H2,1H3,(H,17,20). The Morgan fingerprint density at radius 2 is 2.05 bits per heavy atom. The summed E-state index contributed by atoms with van der Waals surface area (Å²) in [6.07, 6.45) is 0.710. The molecule has 1 amide bonds. The van der Waals surface area contributed by atoms with Gasteiger partial charge in [0.2, 0.25) is 5.91 Å². The van der Waals surface area contributed by atoms with Crippen LogP contribution in [0.4, 0.5) is 13.2 Å². The molecule has 1 saturated carbocycles. The molecule has 0 spiro atoms. The van der Waals surface area contributed by atoms with Gasteiger partial charge in [0.25, 0.3) is 0 Å². The van der Waals surface area contributed by atoms with E-state index in [4.69, 9.17) is 0 Å². The third-order valence-electron chi connectivity index (χ3n) is 3.62. The summed E-state index contributed by atoms with van der Waals surface area (Å²) in [4.78, 5) is 11.8. The van der Waals surface area contributed by atoms with Crippen molar-refractivity contribution in [2.75, 3.05) is 0 Å². The Labute approximate surface area is 115 Å². The first-order valence-electron chi connectivity index (χ1n) is 6.74. The topological polar surface area (TPSA) is 46.9 Å². The van der Waals surface area contributed by atoms with E-state index in [2.05, 4.69) is 17.3 Å². The fourth-order valence-electron chi connectivity index (χ4n) is 2.43. The molecule has 2 rings (SSSR count). The number of halogens is 3. The van der Waals surface area contributed by atoms with Crippen LogP contribution in [0.25, 0.3) is 0 Å². The summed E-state index contributed by atoms with van der Waals surface area (Å²) in [7, 11) is 0. The summed E-state index contributed by atoms with van der Waals surface area (Å²) in [6, 6.07) is 1.01. The summed E-state index contributed by atoms with van der Waals surface area (Å²) in [5.74, 6) is 0.394. The molecule has 1 aromatic heterocycles. The number of nitrogens with zero attached hydrogens (tertiary/aromatic N) is 2. The largest absolute Gasteiger partial charge is 0.435 e. The van der Waals surface area contributed by atoms with Crippen LogP contribution in [0.3, 0.4) is 0 Å². The van der Waals surface area contributed by atoms with Gasteiger partial charge in [-0.1, -0.05) is 6.92 Å². The zero-order chi connectivity index (χ0) is 14.8. The van der Waals surface area contributed by atoms with E-state index >= 15 is 0 Å². The van der Waals surface area contributed by atoms with Gasteiger partial charge in [-0.3, -0.25) is 9.48 Å². The van der Waals surface area contributed by atoms with Crippen LogP contribution in [0.5, 0.6) is 0 Å². The Balaban J connectivity index is 1.84. The highest BCUT2D eigenvalue weighted by Gasteiger charge is 2.33. The van der Waals surface area contributed by atoms with Gasteiger partial charge in [-0.25, -0.2) is 0 Å². The van der Waals surface area contributed by atoms with Crippen molar-refractivity contribution in [1.29, 1.82) is 0 Å². The molecule has 1 heterocycles. The highest BCUT2D eigenvalue weighted by atomic mass is 19.4. The van der Waals surface area contributed by atoms with Gasteiger partial charge in [-0.2, -0.15) is 18.3 Å². The number of carbonyl (C=O) groups excluding carboxylic acids is 1. The van der Waals surface area contributed by atoms with Crippen molar-refractivity contribution >= 4 is 5.91 Å². The summed E-state index contributed by atoms with van der Waals surface area (Å²) < 4.78 is 38.1. The first-order chi connectivity index (χ1) is 9.34. The van der Waals surface area contributed by atoms with Crippen LogP contribution >= 0.6 is 0 Å². The summed E-state index contributed by atoms with van der Waals surface area (Å²) in [6.45, 7) is 2.00. The number of carbonyl (C=O) groups is 1. The number of rotatable bonds is 3. The number of aromatic nitrogens is 2. The molecule has 0 bridgehead atoms. The van der Waals surface area contributed by atoms with E-state index in [1.807, 2.05) is 0 Å². The SMILES string of the molecule is CC1CCC(NC(=O)Cn2ccc(C(F)(F)F)n2)CC1. The Morgan fingerprint density at radius 1 is 1.40 bits per heavy atom. The van der Waals surface area contributed by atoms with Gasteiger partial charge in [-0.15, -0.1) is 0 Å². The minimum absolute atomic E-state index is 0.136. The van der Waals surface area contributed by atoms with E-state index in [1.165, 1.54) is 6.20 Å². The van der Waals surface area contributed by atoms with Crippen LogP contribution < -0.4 is 5.32 Å². The molecule has 1 fully saturated rings. The zero-order valence-corrected chi connectivity index (χ0v) is 11.3. The van der Waals surface area contributed by atoms with Gasteiger partial charge in [-0.05, 0) is 37.7 Å². The summed E-state index contributed by atoms with van der Waals surface area (Å²) >= 11 is 0. The molecule has 1 N–H and O–H groups in total. The van der Waals surface area contributed by atoms with E-state index in [1.54, 1.807) is 0 Å². The van der Waals surface area contributed by atoms with Crippen LogP contribution in [-0.4, -0.2) is 21.7 Å². The first-order valence-corrected chi connectivity index (χ1v) is 6.74. The monoisotopic (exact) mass is 289 g/mol. The Kier molecular flexibility index (Phi) is 4.35. The molecule has 0 saturated heterocycles. The molecule has 0 radical (unpaired) electrons. The lowest BCUT2D eigenvalue weighted by molar-refractivity contribution is -0.141. The fourth-order valence-corrected chi connectivity index (χ4v) is 2.43. The molecule has 1 aliphatic carbocycles. The Hall–Kier alpha value is -1.53. The van der Waals surface area contributed by atoms with Gasteiger partial charge in [0.15, 0.2) is 5.69 Å². The molecule has 1 aromatic rings.